The first-order chi connectivity index (χ1) is 9.74. The summed E-state index contributed by atoms with van der Waals surface area (Å²) < 4.78 is 5.59. The lowest BCUT2D eigenvalue weighted by molar-refractivity contribution is 0.317. The predicted octanol–water partition coefficient (Wildman–Crippen LogP) is 3.57. The van der Waals surface area contributed by atoms with Crippen LogP contribution in [0.15, 0.2) is 36.4 Å². The van der Waals surface area contributed by atoms with Crippen molar-refractivity contribution in [1.29, 1.82) is 0 Å². The lowest BCUT2D eigenvalue weighted by atomic mass is 10.1. The molecule has 2 rings (SSSR count). The lowest BCUT2D eigenvalue weighted by Gasteiger charge is -2.09. The molecule has 3 nitrogen and oxygen atoms in total. The summed E-state index contributed by atoms with van der Waals surface area (Å²) in [5.74, 6) is 0.916. The van der Waals surface area contributed by atoms with Gasteiger partial charge in [-0.25, -0.2) is 0 Å². The number of nitrogens with zero attached hydrogens (tertiary/aromatic N) is 1. The fourth-order valence-electron chi connectivity index (χ4n) is 2.07. The molecule has 0 saturated carbocycles. The summed E-state index contributed by atoms with van der Waals surface area (Å²) in [5.41, 5.74) is 4.43. The van der Waals surface area contributed by atoms with Crippen molar-refractivity contribution in [1.82, 2.24) is 10.3 Å². The highest BCUT2D eigenvalue weighted by atomic mass is 16.5. The Morgan fingerprint density at radius 3 is 2.45 bits per heavy atom. The highest BCUT2D eigenvalue weighted by Gasteiger charge is 2.04. The second-order valence-electron chi connectivity index (χ2n) is 4.84. The molecule has 20 heavy (non-hydrogen) atoms. The van der Waals surface area contributed by atoms with Crippen LogP contribution >= 0.6 is 0 Å². The van der Waals surface area contributed by atoms with Gasteiger partial charge in [0, 0.05) is 17.8 Å². The van der Waals surface area contributed by atoms with Crippen molar-refractivity contribution in [3.8, 4) is 17.0 Å². The van der Waals surface area contributed by atoms with Crippen LogP contribution in [0.2, 0.25) is 0 Å². The Morgan fingerprint density at radius 2 is 1.85 bits per heavy atom. The Morgan fingerprint density at radius 1 is 1.10 bits per heavy atom. The van der Waals surface area contributed by atoms with Crippen molar-refractivity contribution in [2.24, 2.45) is 0 Å². The van der Waals surface area contributed by atoms with E-state index in [1.165, 1.54) is 5.56 Å². The number of pyridine rings is 1. The largest absolute Gasteiger partial charge is 0.494 e. The number of nitrogens with one attached hydrogen (secondary N) is 1. The number of aromatic nitrogens is 1. The topological polar surface area (TPSA) is 34.1 Å². The van der Waals surface area contributed by atoms with E-state index in [0.29, 0.717) is 0 Å². The third-order valence-electron chi connectivity index (χ3n) is 3.19. The molecule has 1 heterocycles. The molecule has 0 spiro atoms. The fraction of sp³-hybridized carbons (Fsp3) is 0.353. The molecule has 1 N–H and O–H groups in total. The van der Waals surface area contributed by atoms with Gasteiger partial charge in [-0.05, 0) is 56.3 Å². The molecular formula is C17H22N2O. The Bertz CT molecular complexity index is 549. The Kier molecular flexibility index (Phi) is 5.13. The van der Waals surface area contributed by atoms with Crippen LogP contribution in [0, 0.1) is 6.92 Å². The molecule has 106 valence electrons. The Labute approximate surface area is 121 Å². The summed E-state index contributed by atoms with van der Waals surface area (Å²) in [6.45, 7) is 5.76. The molecule has 0 saturated heterocycles. The average Bonchev–Trinajstić information content (AvgIpc) is 2.48. The van der Waals surface area contributed by atoms with Gasteiger partial charge in [-0.2, -0.15) is 0 Å². The molecule has 0 fully saturated rings. The lowest BCUT2D eigenvalue weighted by Crippen LogP contribution is -2.07. The molecule has 0 aliphatic heterocycles. The van der Waals surface area contributed by atoms with Gasteiger partial charge in [0.25, 0.3) is 0 Å². The van der Waals surface area contributed by atoms with E-state index in [0.717, 1.165) is 42.3 Å². The zero-order chi connectivity index (χ0) is 14.4. The van der Waals surface area contributed by atoms with E-state index in [9.17, 15) is 0 Å². The maximum Gasteiger partial charge on any atom is 0.119 e. The van der Waals surface area contributed by atoms with Crippen molar-refractivity contribution in [2.45, 2.75) is 26.8 Å². The zero-order valence-corrected chi connectivity index (χ0v) is 12.4. The molecule has 3 heteroatoms. The average molecular weight is 270 g/mol. The van der Waals surface area contributed by atoms with Gasteiger partial charge in [0.2, 0.25) is 0 Å². The SMILES string of the molecule is CCCOc1ccc(-c2ccc(CNC)c(C)n2)cc1. The first-order valence-electron chi connectivity index (χ1n) is 7.09. The van der Waals surface area contributed by atoms with E-state index in [1.807, 2.05) is 19.2 Å². The minimum absolute atomic E-state index is 0.759. The maximum atomic E-state index is 5.59. The molecule has 0 aliphatic carbocycles. The van der Waals surface area contributed by atoms with Gasteiger partial charge in [-0.3, -0.25) is 4.98 Å². The fourth-order valence-corrected chi connectivity index (χ4v) is 2.07. The Balaban J connectivity index is 2.17. The quantitative estimate of drug-likeness (QED) is 0.871. The van der Waals surface area contributed by atoms with Crippen molar-refractivity contribution in [3.05, 3.63) is 47.7 Å². The van der Waals surface area contributed by atoms with E-state index in [2.05, 4.69) is 48.4 Å². The van der Waals surface area contributed by atoms with Crippen molar-refractivity contribution >= 4 is 0 Å². The summed E-state index contributed by atoms with van der Waals surface area (Å²) in [6, 6.07) is 12.3. The molecule has 0 aliphatic rings. The minimum Gasteiger partial charge on any atom is -0.494 e. The second-order valence-corrected chi connectivity index (χ2v) is 4.84. The van der Waals surface area contributed by atoms with Crippen molar-refractivity contribution in [3.63, 3.8) is 0 Å². The number of benzene rings is 1. The molecule has 1 aromatic carbocycles. The van der Waals surface area contributed by atoms with Crippen molar-refractivity contribution < 1.29 is 4.74 Å². The standard InChI is InChI=1S/C17H22N2O/c1-4-11-20-16-8-5-14(6-9-16)17-10-7-15(12-18-3)13(2)19-17/h5-10,18H,4,11-12H2,1-3H3. The number of hydrogen-bond donors (Lipinski definition) is 1. The predicted molar refractivity (Wildman–Crippen MR) is 83.0 cm³/mol. The van der Waals surface area contributed by atoms with Crippen LogP contribution < -0.4 is 10.1 Å². The van der Waals surface area contributed by atoms with Gasteiger partial charge in [-0.1, -0.05) is 13.0 Å². The summed E-state index contributed by atoms with van der Waals surface area (Å²) in [7, 11) is 1.95. The van der Waals surface area contributed by atoms with Crippen LogP contribution in [0.4, 0.5) is 0 Å². The van der Waals surface area contributed by atoms with E-state index in [4.69, 9.17) is 4.74 Å². The number of ether oxygens (including phenoxy) is 1. The molecule has 0 amide bonds. The second kappa shape index (κ2) is 7.06. The van der Waals surface area contributed by atoms with Crippen LogP contribution in [0.3, 0.4) is 0 Å². The molecule has 0 bridgehead atoms. The highest BCUT2D eigenvalue weighted by Crippen LogP contribution is 2.22. The smallest absolute Gasteiger partial charge is 0.119 e. The molecule has 0 radical (unpaired) electrons. The highest BCUT2D eigenvalue weighted by molar-refractivity contribution is 5.60. The van der Waals surface area contributed by atoms with Gasteiger partial charge < -0.3 is 10.1 Å². The molecule has 1 aromatic heterocycles. The van der Waals surface area contributed by atoms with Gasteiger partial charge in [0.05, 0.1) is 12.3 Å². The number of hydrogen-bond acceptors (Lipinski definition) is 3. The minimum atomic E-state index is 0.759. The first kappa shape index (κ1) is 14.5. The molecule has 2 aromatic rings. The summed E-state index contributed by atoms with van der Waals surface area (Å²) in [4.78, 5) is 4.67. The molecular weight excluding hydrogens is 248 g/mol. The summed E-state index contributed by atoms with van der Waals surface area (Å²) in [6.07, 6.45) is 1.02. The van der Waals surface area contributed by atoms with Crippen LogP contribution in [0.1, 0.15) is 24.6 Å². The van der Waals surface area contributed by atoms with E-state index in [1.54, 1.807) is 0 Å². The molecule has 0 unspecified atom stereocenters. The third-order valence-corrected chi connectivity index (χ3v) is 3.19. The zero-order valence-electron chi connectivity index (χ0n) is 12.4. The summed E-state index contributed by atoms with van der Waals surface area (Å²) >= 11 is 0. The van der Waals surface area contributed by atoms with Crippen molar-refractivity contribution in [2.75, 3.05) is 13.7 Å². The Hall–Kier alpha value is -1.87. The maximum absolute atomic E-state index is 5.59. The van der Waals surface area contributed by atoms with Crippen LogP contribution in [-0.4, -0.2) is 18.6 Å². The van der Waals surface area contributed by atoms with Crippen LogP contribution in [0.5, 0.6) is 5.75 Å². The summed E-state index contributed by atoms with van der Waals surface area (Å²) in [5, 5.41) is 3.15. The molecule has 0 atom stereocenters. The monoisotopic (exact) mass is 270 g/mol. The van der Waals surface area contributed by atoms with E-state index < -0.39 is 0 Å². The van der Waals surface area contributed by atoms with Crippen LogP contribution in [0.25, 0.3) is 11.3 Å². The van der Waals surface area contributed by atoms with Crippen LogP contribution in [-0.2, 0) is 6.54 Å². The first-order valence-corrected chi connectivity index (χ1v) is 7.09. The van der Waals surface area contributed by atoms with E-state index in [-0.39, 0.29) is 0 Å². The van der Waals surface area contributed by atoms with Gasteiger partial charge in [-0.15, -0.1) is 0 Å². The number of rotatable bonds is 6. The van der Waals surface area contributed by atoms with E-state index >= 15 is 0 Å². The third kappa shape index (κ3) is 3.58. The normalized spacial score (nSPS) is 10.6. The number of aryl methyl sites for hydroxylation is 1. The van der Waals surface area contributed by atoms with Gasteiger partial charge >= 0.3 is 0 Å². The van der Waals surface area contributed by atoms with Gasteiger partial charge in [0.15, 0.2) is 0 Å². The van der Waals surface area contributed by atoms with Gasteiger partial charge in [0.1, 0.15) is 5.75 Å².